The Kier molecular flexibility index (Phi) is 7.96. The molecule has 0 bridgehead atoms. The van der Waals surface area contributed by atoms with Crippen molar-refractivity contribution in [2.24, 2.45) is 0 Å². The molecule has 31 heavy (non-hydrogen) atoms. The van der Waals surface area contributed by atoms with Crippen molar-refractivity contribution in [2.45, 2.75) is 5.16 Å². The highest BCUT2D eigenvalue weighted by Crippen LogP contribution is 2.33. The Morgan fingerprint density at radius 2 is 1.68 bits per heavy atom. The van der Waals surface area contributed by atoms with E-state index >= 15 is 0 Å². The second kappa shape index (κ2) is 10.7. The van der Waals surface area contributed by atoms with Crippen LogP contribution < -0.4 is 4.74 Å². The molecule has 0 saturated carbocycles. The first-order chi connectivity index (χ1) is 14.7. The lowest BCUT2D eigenvalue weighted by atomic mass is 10.1. The summed E-state index contributed by atoms with van der Waals surface area (Å²) in [5, 5.41) is 1.39. The molecule has 0 spiro atoms. The molecule has 4 aromatic rings. The minimum atomic E-state index is 0. The van der Waals surface area contributed by atoms with Gasteiger partial charge >= 0.3 is 0 Å². The van der Waals surface area contributed by atoms with Gasteiger partial charge in [-0.2, -0.15) is 0 Å². The van der Waals surface area contributed by atoms with Crippen molar-refractivity contribution in [1.82, 2.24) is 9.55 Å². The first kappa shape index (κ1) is 23.1. The van der Waals surface area contributed by atoms with Crippen LogP contribution in [0.3, 0.4) is 0 Å². The van der Waals surface area contributed by atoms with Crippen molar-refractivity contribution >= 4 is 46.1 Å². The average Bonchev–Trinajstić information content (AvgIpc) is 3.22. The van der Waals surface area contributed by atoms with E-state index in [0.29, 0.717) is 10.6 Å². The fraction of sp³-hybridized carbons (Fsp3) is 0.0833. The van der Waals surface area contributed by atoms with Gasteiger partial charge in [0, 0.05) is 21.8 Å². The lowest BCUT2D eigenvalue weighted by Crippen LogP contribution is -2.05. The summed E-state index contributed by atoms with van der Waals surface area (Å²) >= 11 is 7.85. The third kappa shape index (κ3) is 5.21. The number of benzene rings is 3. The van der Waals surface area contributed by atoms with Crippen LogP contribution in [0, 0.1) is 0 Å². The highest BCUT2D eigenvalue weighted by molar-refractivity contribution is 8.93. The molecular formula is C24H20BrClN2O2S. The zero-order valence-corrected chi connectivity index (χ0v) is 20.0. The van der Waals surface area contributed by atoms with Crippen LogP contribution in [-0.4, -0.2) is 28.2 Å². The summed E-state index contributed by atoms with van der Waals surface area (Å²) in [6, 6.07) is 24.8. The first-order valence-corrected chi connectivity index (χ1v) is 10.7. The summed E-state index contributed by atoms with van der Waals surface area (Å²) < 4.78 is 7.19. The molecule has 0 aliphatic heterocycles. The molecule has 0 unspecified atom stereocenters. The number of nitrogens with zero attached hydrogens (tertiary/aromatic N) is 2. The number of para-hydroxylation sites is 1. The number of carbonyl (C=O) groups excluding carboxylic acids is 1. The minimum Gasteiger partial charge on any atom is -0.497 e. The van der Waals surface area contributed by atoms with Crippen LogP contribution >= 0.6 is 40.3 Å². The van der Waals surface area contributed by atoms with Gasteiger partial charge in [-0.1, -0.05) is 59.8 Å². The minimum absolute atomic E-state index is 0. The van der Waals surface area contributed by atoms with Crippen molar-refractivity contribution < 1.29 is 9.53 Å². The smallest absolute Gasteiger partial charge is 0.173 e. The van der Waals surface area contributed by atoms with Gasteiger partial charge in [-0.15, -0.1) is 17.0 Å². The van der Waals surface area contributed by atoms with E-state index in [0.717, 1.165) is 27.9 Å². The Morgan fingerprint density at radius 3 is 2.35 bits per heavy atom. The van der Waals surface area contributed by atoms with Crippen molar-refractivity contribution in [3.63, 3.8) is 0 Å². The van der Waals surface area contributed by atoms with E-state index in [4.69, 9.17) is 16.3 Å². The Labute approximate surface area is 201 Å². The zero-order valence-electron chi connectivity index (χ0n) is 16.7. The summed E-state index contributed by atoms with van der Waals surface area (Å²) in [5.41, 5.74) is 3.38. The van der Waals surface area contributed by atoms with Crippen LogP contribution in [0.15, 0.2) is 90.2 Å². The molecule has 0 fully saturated rings. The normalized spacial score (nSPS) is 10.4. The fourth-order valence-corrected chi connectivity index (χ4v) is 4.23. The number of imidazole rings is 1. The van der Waals surface area contributed by atoms with Gasteiger partial charge in [0.25, 0.3) is 0 Å². The van der Waals surface area contributed by atoms with Gasteiger partial charge in [0.2, 0.25) is 0 Å². The summed E-state index contributed by atoms with van der Waals surface area (Å²) in [5.74, 6) is 1.03. The lowest BCUT2D eigenvalue weighted by Gasteiger charge is -2.13. The number of ketones is 1. The summed E-state index contributed by atoms with van der Waals surface area (Å²) in [6.07, 6.45) is 1.80. The van der Waals surface area contributed by atoms with Crippen molar-refractivity contribution in [1.29, 1.82) is 0 Å². The number of aromatic nitrogens is 2. The molecule has 0 radical (unpaired) electrons. The number of methoxy groups -OCH3 is 1. The third-order valence-corrected chi connectivity index (χ3v) is 5.92. The van der Waals surface area contributed by atoms with Gasteiger partial charge in [0.1, 0.15) is 5.75 Å². The number of hydrogen-bond acceptors (Lipinski definition) is 4. The number of rotatable bonds is 7. The molecule has 1 aromatic heterocycles. The topological polar surface area (TPSA) is 44.1 Å². The first-order valence-electron chi connectivity index (χ1n) is 9.35. The molecule has 0 N–H and O–H groups in total. The van der Waals surface area contributed by atoms with Gasteiger partial charge in [-0.25, -0.2) is 4.98 Å². The maximum absolute atomic E-state index is 12.7. The maximum atomic E-state index is 12.7. The SMILES string of the molecule is Br.COc1ccc(C(=O)CSc2ncc(-c3ccccc3Cl)n2-c2ccccc2)cc1. The van der Waals surface area contributed by atoms with Crippen LogP contribution in [0.25, 0.3) is 16.9 Å². The molecule has 1 heterocycles. The van der Waals surface area contributed by atoms with Crippen molar-refractivity contribution in [3.05, 3.63) is 95.6 Å². The summed E-state index contributed by atoms with van der Waals surface area (Å²) in [6.45, 7) is 0. The highest BCUT2D eigenvalue weighted by Gasteiger charge is 2.17. The molecule has 4 nitrogen and oxygen atoms in total. The molecule has 4 rings (SSSR count). The predicted octanol–water partition coefficient (Wildman–Crippen LogP) is 6.75. The average molecular weight is 516 g/mol. The molecule has 7 heteroatoms. The number of carbonyl (C=O) groups is 1. The lowest BCUT2D eigenvalue weighted by molar-refractivity contribution is 0.102. The molecule has 0 amide bonds. The second-order valence-electron chi connectivity index (χ2n) is 6.52. The monoisotopic (exact) mass is 514 g/mol. The van der Waals surface area contributed by atoms with Crippen molar-refractivity contribution in [2.75, 3.05) is 12.9 Å². The zero-order chi connectivity index (χ0) is 20.9. The molecule has 3 aromatic carbocycles. The van der Waals surface area contributed by atoms with Gasteiger partial charge < -0.3 is 4.74 Å². The Balaban J connectivity index is 0.00000272. The Bertz CT molecular complexity index is 1160. The van der Waals surface area contributed by atoms with Gasteiger partial charge in [-0.05, 0) is 42.5 Å². The largest absolute Gasteiger partial charge is 0.497 e. The molecule has 0 aliphatic carbocycles. The van der Waals surface area contributed by atoms with E-state index in [1.165, 1.54) is 11.8 Å². The van der Waals surface area contributed by atoms with E-state index in [2.05, 4.69) is 4.98 Å². The Morgan fingerprint density at radius 1 is 1.00 bits per heavy atom. The van der Waals surface area contributed by atoms with Crippen LogP contribution in [0.1, 0.15) is 10.4 Å². The van der Waals surface area contributed by atoms with Crippen molar-refractivity contribution in [3.8, 4) is 22.7 Å². The van der Waals surface area contributed by atoms with E-state index in [1.807, 2.05) is 59.2 Å². The number of Topliss-reactive ketones (excluding diaryl/α,β-unsaturated/α-hetero) is 1. The number of halogens is 2. The van der Waals surface area contributed by atoms with E-state index < -0.39 is 0 Å². The quantitative estimate of drug-likeness (QED) is 0.202. The van der Waals surface area contributed by atoms with Gasteiger partial charge in [0.15, 0.2) is 10.9 Å². The van der Waals surface area contributed by atoms with E-state index in [-0.39, 0.29) is 28.5 Å². The van der Waals surface area contributed by atoms with Crippen LogP contribution in [0.4, 0.5) is 0 Å². The van der Waals surface area contributed by atoms with Gasteiger partial charge in [-0.3, -0.25) is 9.36 Å². The van der Waals surface area contributed by atoms with E-state index in [9.17, 15) is 4.79 Å². The molecule has 158 valence electrons. The molecule has 0 atom stereocenters. The summed E-state index contributed by atoms with van der Waals surface area (Å²) in [4.78, 5) is 17.3. The number of hydrogen-bond donors (Lipinski definition) is 0. The number of thioether (sulfide) groups is 1. The molecular weight excluding hydrogens is 496 g/mol. The predicted molar refractivity (Wildman–Crippen MR) is 132 cm³/mol. The second-order valence-corrected chi connectivity index (χ2v) is 7.87. The number of ether oxygens (including phenoxy) is 1. The van der Waals surface area contributed by atoms with Gasteiger partial charge in [0.05, 0.1) is 24.8 Å². The maximum Gasteiger partial charge on any atom is 0.173 e. The van der Waals surface area contributed by atoms with Crippen LogP contribution in [-0.2, 0) is 0 Å². The fourth-order valence-electron chi connectivity index (χ4n) is 3.11. The van der Waals surface area contributed by atoms with E-state index in [1.54, 1.807) is 37.6 Å². The molecule has 0 aliphatic rings. The Hall–Kier alpha value is -2.54. The third-order valence-electron chi connectivity index (χ3n) is 4.64. The highest BCUT2D eigenvalue weighted by atomic mass is 79.9. The van der Waals surface area contributed by atoms with Crippen LogP contribution in [0.2, 0.25) is 5.02 Å². The standard InChI is InChI=1S/C24H19ClN2O2S.BrH/c1-29-19-13-11-17(12-14-19)23(28)16-30-24-26-15-22(20-9-5-6-10-21(20)25)27(24)18-7-3-2-4-8-18;/h2-15H,16H2,1H3;1H. The summed E-state index contributed by atoms with van der Waals surface area (Å²) in [7, 11) is 1.60. The van der Waals surface area contributed by atoms with Crippen LogP contribution in [0.5, 0.6) is 5.75 Å². The molecule has 0 saturated heterocycles.